The number of rotatable bonds is 5. The molecule has 0 unspecified atom stereocenters. The van der Waals surface area contributed by atoms with Crippen molar-refractivity contribution in [2.45, 2.75) is 47.3 Å². The van der Waals surface area contributed by atoms with Crippen LogP contribution in [-0.4, -0.2) is 25.7 Å². The van der Waals surface area contributed by atoms with E-state index in [2.05, 4.69) is 10.1 Å². The molecule has 0 spiro atoms. The zero-order chi connectivity index (χ0) is 18.0. The van der Waals surface area contributed by atoms with Gasteiger partial charge >= 0.3 is 5.97 Å². The maximum absolute atomic E-state index is 12.2. The molecule has 2 rings (SSSR count). The van der Waals surface area contributed by atoms with Crippen LogP contribution in [0.15, 0.2) is 12.4 Å². The molecule has 2 aromatic rings. The Kier molecular flexibility index (Phi) is 4.96. The summed E-state index contributed by atoms with van der Waals surface area (Å²) in [6, 6.07) is 0.134. The van der Waals surface area contributed by atoms with Crippen LogP contribution in [0, 0.1) is 30.9 Å². The van der Waals surface area contributed by atoms with Crippen LogP contribution in [0.3, 0.4) is 0 Å². The fourth-order valence-electron chi connectivity index (χ4n) is 2.55. The fraction of sp³-hybridized carbons (Fsp3) is 0.438. The third-order valence-corrected chi connectivity index (χ3v) is 3.85. The SMILES string of the molecule is Cc1cnc(COC(=O)c2cnn(C(C)C)c2C)c(C)c1[N+](=O)[O-]. The van der Waals surface area contributed by atoms with E-state index in [0.29, 0.717) is 22.4 Å². The van der Waals surface area contributed by atoms with E-state index in [1.807, 2.05) is 13.8 Å². The summed E-state index contributed by atoms with van der Waals surface area (Å²) < 4.78 is 7.00. The van der Waals surface area contributed by atoms with Crippen molar-refractivity contribution in [3.05, 3.63) is 50.6 Å². The van der Waals surface area contributed by atoms with Gasteiger partial charge in [-0.1, -0.05) is 0 Å². The second-order valence-electron chi connectivity index (χ2n) is 5.88. The first-order valence-corrected chi connectivity index (χ1v) is 7.54. The Morgan fingerprint density at radius 2 is 2.00 bits per heavy atom. The maximum atomic E-state index is 12.2. The molecule has 0 N–H and O–H groups in total. The van der Waals surface area contributed by atoms with Gasteiger partial charge in [0.1, 0.15) is 12.2 Å². The van der Waals surface area contributed by atoms with Crippen molar-refractivity contribution in [3.8, 4) is 0 Å². The third-order valence-electron chi connectivity index (χ3n) is 3.85. The summed E-state index contributed by atoms with van der Waals surface area (Å²) >= 11 is 0. The molecule has 0 radical (unpaired) electrons. The van der Waals surface area contributed by atoms with E-state index in [1.165, 1.54) is 12.4 Å². The van der Waals surface area contributed by atoms with Crippen LogP contribution in [0.4, 0.5) is 5.69 Å². The molecule has 0 bridgehead atoms. The van der Waals surface area contributed by atoms with Crippen LogP contribution < -0.4 is 0 Å². The van der Waals surface area contributed by atoms with E-state index in [4.69, 9.17) is 4.74 Å². The van der Waals surface area contributed by atoms with Crippen molar-refractivity contribution >= 4 is 11.7 Å². The number of aromatic nitrogens is 3. The molecule has 128 valence electrons. The predicted octanol–water partition coefficient (Wildman–Crippen LogP) is 3.05. The summed E-state index contributed by atoms with van der Waals surface area (Å²) in [6.07, 6.45) is 2.88. The minimum Gasteiger partial charge on any atom is -0.455 e. The molecule has 0 amide bonds. The van der Waals surface area contributed by atoms with Crippen LogP contribution in [0.25, 0.3) is 0 Å². The largest absolute Gasteiger partial charge is 0.455 e. The second-order valence-corrected chi connectivity index (χ2v) is 5.88. The quantitative estimate of drug-likeness (QED) is 0.474. The summed E-state index contributed by atoms with van der Waals surface area (Å²) in [5.41, 5.74) is 2.34. The van der Waals surface area contributed by atoms with Gasteiger partial charge in [0.05, 0.1) is 28.1 Å². The van der Waals surface area contributed by atoms with E-state index in [-0.39, 0.29) is 18.3 Å². The lowest BCUT2D eigenvalue weighted by atomic mass is 10.1. The Morgan fingerprint density at radius 1 is 1.33 bits per heavy atom. The van der Waals surface area contributed by atoms with Gasteiger partial charge in [-0.25, -0.2) is 4.79 Å². The average Bonchev–Trinajstić information content (AvgIpc) is 2.87. The van der Waals surface area contributed by atoms with Gasteiger partial charge in [0.15, 0.2) is 0 Å². The van der Waals surface area contributed by atoms with Crippen molar-refractivity contribution in [2.24, 2.45) is 0 Å². The number of hydrogen-bond donors (Lipinski definition) is 0. The van der Waals surface area contributed by atoms with E-state index >= 15 is 0 Å². The molecule has 0 aliphatic carbocycles. The predicted molar refractivity (Wildman–Crippen MR) is 86.8 cm³/mol. The first-order valence-electron chi connectivity index (χ1n) is 7.54. The van der Waals surface area contributed by atoms with Crippen molar-refractivity contribution in [1.82, 2.24) is 14.8 Å². The highest BCUT2D eigenvalue weighted by molar-refractivity contribution is 5.90. The zero-order valence-electron chi connectivity index (χ0n) is 14.4. The lowest BCUT2D eigenvalue weighted by molar-refractivity contribution is -0.386. The number of ether oxygens (including phenoxy) is 1. The Balaban J connectivity index is 2.18. The van der Waals surface area contributed by atoms with E-state index in [1.54, 1.807) is 25.5 Å². The smallest absolute Gasteiger partial charge is 0.342 e. The minimum absolute atomic E-state index is 0.000133. The molecule has 0 aliphatic rings. The molecule has 0 fully saturated rings. The van der Waals surface area contributed by atoms with Gasteiger partial charge in [-0.15, -0.1) is 0 Å². The van der Waals surface area contributed by atoms with Gasteiger partial charge < -0.3 is 4.74 Å². The number of aryl methyl sites for hydroxylation is 1. The van der Waals surface area contributed by atoms with Gasteiger partial charge in [0.2, 0.25) is 0 Å². The first-order chi connectivity index (χ1) is 11.2. The molecule has 0 saturated heterocycles. The number of pyridine rings is 1. The number of nitrogens with zero attached hydrogens (tertiary/aromatic N) is 4. The number of esters is 1. The number of nitro groups is 1. The second kappa shape index (κ2) is 6.77. The first kappa shape index (κ1) is 17.6. The van der Waals surface area contributed by atoms with E-state index in [9.17, 15) is 14.9 Å². The summed E-state index contributed by atoms with van der Waals surface area (Å²) in [5, 5.41) is 15.3. The van der Waals surface area contributed by atoms with Crippen molar-refractivity contribution in [2.75, 3.05) is 0 Å². The Bertz CT molecular complexity index is 796. The van der Waals surface area contributed by atoms with Gasteiger partial charge in [0, 0.05) is 17.8 Å². The summed E-state index contributed by atoms with van der Waals surface area (Å²) in [4.78, 5) is 27.0. The summed E-state index contributed by atoms with van der Waals surface area (Å²) in [7, 11) is 0. The summed E-state index contributed by atoms with van der Waals surface area (Å²) in [6.45, 7) is 8.82. The Hall–Kier alpha value is -2.77. The molecule has 2 aromatic heterocycles. The zero-order valence-corrected chi connectivity index (χ0v) is 14.4. The van der Waals surface area contributed by atoms with Gasteiger partial charge in [0.25, 0.3) is 5.69 Å². The standard InChI is InChI=1S/C16H20N4O4/c1-9(2)19-12(5)13(7-18-19)16(21)24-8-14-11(4)15(20(22)23)10(3)6-17-14/h6-7,9H,8H2,1-5H3. The highest BCUT2D eigenvalue weighted by atomic mass is 16.6. The molecular formula is C16H20N4O4. The normalized spacial score (nSPS) is 10.9. The van der Waals surface area contributed by atoms with Crippen molar-refractivity contribution < 1.29 is 14.5 Å². The van der Waals surface area contributed by atoms with Crippen molar-refractivity contribution in [3.63, 3.8) is 0 Å². The highest BCUT2D eigenvalue weighted by Crippen LogP contribution is 2.24. The third kappa shape index (κ3) is 3.27. The van der Waals surface area contributed by atoms with E-state index < -0.39 is 10.9 Å². The Morgan fingerprint density at radius 3 is 2.54 bits per heavy atom. The molecule has 0 saturated carbocycles. The molecule has 8 heteroatoms. The molecule has 8 nitrogen and oxygen atoms in total. The van der Waals surface area contributed by atoms with Crippen molar-refractivity contribution in [1.29, 1.82) is 0 Å². The van der Waals surface area contributed by atoms with Crippen LogP contribution in [0.1, 0.15) is 52.8 Å². The maximum Gasteiger partial charge on any atom is 0.342 e. The van der Waals surface area contributed by atoms with Gasteiger partial charge in [-0.05, 0) is 34.6 Å². The van der Waals surface area contributed by atoms with Crippen LogP contribution >= 0.6 is 0 Å². The number of hydrogen-bond acceptors (Lipinski definition) is 6. The fourth-order valence-corrected chi connectivity index (χ4v) is 2.55. The lowest BCUT2D eigenvalue weighted by Crippen LogP contribution is -2.11. The molecule has 0 aliphatic heterocycles. The Labute approximate surface area is 139 Å². The molecule has 24 heavy (non-hydrogen) atoms. The molecular weight excluding hydrogens is 312 g/mol. The van der Waals surface area contributed by atoms with E-state index in [0.717, 1.165) is 5.69 Å². The molecule has 0 atom stereocenters. The van der Waals surface area contributed by atoms with Gasteiger partial charge in [-0.2, -0.15) is 5.10 Å². The number of carbonyl (C=O) groups excluding carboxylic acids is 1. The van der Waals surface area contributed by atoms with Crippen LogP contribution in [0.5, 0.6) is 0 Å². The molecule has 0 aromatic carbocycles. The van der Waals surface area contributed by atoms with Crippen LogP contribution in [0.2, 0.25) is 0 Å². The number of carbonyl (C=O) groups is 1. The van der Waals surface area contributed by atoms with Crippen LogP contribution in [-0.2, 0) is 11.3 Å². The average molecular weight is 332 g/mol. The summed E-state index contributed by atoms with van der Waals surface area (Å²) in [5.74, 6) is -0.524. The van der Waals surface area contributed by atoms with Gasteiger partial charge in [-0.3, -0.25) is 19.8 Å². The topological polar surface area (TPSA) is 100 Å². The molecule has 2 heterocycles. The minimum atomic E-state index is -0.524. The highest BCUT2D eigenvalue weighted by Gasteiger charge is 2.21. The monoisotopic (exact) mass is 332 g/mol. The lowest BCUT2D eigenvalue weighted by Gasteiger charge is -2.10.